The van der Waals surface area contributed by atoms with Crippen molar-refractivity contribution in [2.45, 2.75) is 20.0 Å². The summed E-state index contributed by atoms with van der Waals surface area (Å²) in [6.45, 7) is 4.49. The summed E-state index contributed by atoms with van der Waals surface area (Å²) in [5.74, 6) is 0. The van der Waals surface area contributed by atoms with Gasteiger partial charge in [0.1, 0.15) is 0 Å². The highest BCUT2D eigenvalue weighted by Gasteiger charge is 2.24. The Bertz CT molecular complexity index is 343. The van der Waals surface area contributed by atoms with Gasteiger partial charge in [-0.25, -0.2) is 0 Å². The highest BCUT2D eigenvalue weighted by atomic mass is 32.1. The molecular weight excluding hydrogens is 230 g/mol. The fourth-order valence-corrected chi connectivity index (χ4v) is 4.23. The first-order chi connectivity index (χ1) is 7.09. The minimum Gasteiger partial charge on any atom is -0.309 e. The Morgan fingerprint density at radius 2 is 1.93 bits per heavy atom. The highest BCUT2D eigenvalue weighted by molar-refractivity contribution is 7.53. The molecule has 0 unspecified atom stereocenters. The number of hydrogen-bond donors (Lipinski definition) is 0. The number of thiophene rings is 1. The van der Waals surface area contributed by atoms with Crippen LogP contribution in [0.25, 0.3) is 0 Å². The van der Waals surface area contributed by atoms with Crippen molar-refractivity contribution < 1.29 is 13.6 Å². The van der Waals surface area contributed by atoms with Crippen LogP contribution < -0.4 is 4.78 Å². The fraction of sp³-hybridized carbons (Fsp3) is 0.556. The van der Waals surface area contributed by atoms with E-state index >= 15 is 0 Å². The van der Waals surface area contributed by atoms with Gasteiger partial charge in [-0.05, 0) is 24.7 Å². The van der Waals surface area contributed by atoms with Crippen molar-refractivity contribution in [3.8, 4) is 0 Å². The molecule has 1 heterocycles. The summed E-state index contributed by atoms with van der Waals surface area (Å²) in [4.78, 5) is 1.05. The molecular formula is C9H16BO3PS. The van der Waals surface area contributed by atoms with Crippen molar-refractivity contribution in [1.29, 1.82) is 0 Å². The fourth-order valence-electron chi connectivity index (χ4n) is 1.28. The summed E-state index contributed by atoms with van der Waals surface area (Å²) in [5.41, 5.74) is 0. The smallest absolute Gasteiger partial charge is 0.309 e. The molecule has 3 nitrogen and oxygen atoms in total. The number of hydrogen-bond acceptors (Lipinski definition) is 4. The lowest BCUT2D eigenvalue weighted by atomic mass is 10.1. The monoisotopic (exact) mass is 246 g/mol. The van der Waals surface area contributed by atoms with Gasteiger partial charge in [0.2, 0.25) is 0 Å². The van der Waals surface area contributed by atoms with Crippen LogP contribution in [-0.4, -0.2) is 21.1 Å². The summed E-state index contributed by atoms with van der Waals surface area (Å²) >= 11 is 1.63. The maximum Gasteiger partial charge on any atom is 0.335 e. The van der Waals surface area contributed by atoms with E-state index in [1.807, 2.05) is 33.8 Å². The second-order valence-electron chi connectivity index (χ2n) is 3.12. The molecule has 0 saturated heterocycles. The van der Waals surface area contributed by atoms with Gasteiger partial charge in [-0.1, -0.05) is 6.07 Å². The van der Waals surface area contributed by atoms with Crippen LogP contribution >= 0.6 is 18.9 Å². The van der Waals surface area contributed by atoms with Crippen LogP contribution in [0.2, 0.25) is 0 Å². The third-order valence-corrected chi connectivity index (χ3v) is 5.04. The number of rotatable bonds is 6. The molecule has 1 rings (SSSR count). The van der Waals surface area contributed by atoms with E-state index in [0.717, 1.165) is 4.88 Å². The van der Waals surface area contributed by atoms with Gasteiger partial charge >= 0.3 is 7.60 Å². The molecule has 0 aliphatic carbocycles. The maximum absolute atomic E-state index is 12.2. The van der Waals surface area contributed by atoms with Crippen LogP contribution in [-0.2, 0) is 19.8 Å². The second-order valence-corrected chi connectivity index (χ2v) is 6.54. The van der Waals surface area contributed by atoms with Crippen LogP contribution in [0.1, 0.15) is 18.7 Å². The van der Waals surface area contributed by atoms with E-state index < -0.39 is 7.60 Å². The normalized spacial score (nSPS) is 11.9. The molecule has 0 atom stereocenters. The third-order valence-electron chi connectivity index (χ3n) is 1.80. The van der Waals surface area contributed by atoms with Crippen LogP contribution in [0.4, 0.5) is 0 Å². The maximum atomic E-state index is 12.2. The molecule has 1 aromatic heterocycles. The Balaban J connectivity index is 2.70. The van der Waals surface area contributed by atoms with E-state index in [1.165, 1.54) is 4.78 Å². The molecule has 0 spiro atoms. The largest absolute Gasteiger partial charge is 0.335 e. The van der Waals surface area contributed by atoms with E-state index in [1.54, 1.807) is 11.3 Å². The van der Waals surface area contributed by atoms with Crippen molar-refractivity contribution in [3.05, 3.63) is 17.0 Å². The Labute approximate surface area is 95.7 Å². The zero-order valence-electron chi connectivity index (χ0n) is 9.36. The molecule has 0 N–H and O–H groups in total. The van der Waals surface area contributed by atoms with E-state index in [0.29, 0.717) is 19.4 Å². The quantitative estimate of drug-likeness (QED) is 0.566. The Hall–Kier alpha value is -0.0851. The standard InChI is InChI=1S/C9H16BO3PS/c1-3-12-14(11,13-4-2)7-8-5-6-9(10)15-8/h5-6H,3-4,7,10H2,1-2H3. The summed E-state index contributed by atoms with van der Waals surface area (Å²) < 4.78 is 23.8. The highest BCUT2D eigenvalue weighted by Crippen LogP contribution is 2.51. The molecule has 6 heteroatoms. The Morgan fingerprint density at radius 3 is 2.33 bits per heavy atom. The van der Waals surface area contributed by atoms with Crippen molar-refractivity contribution in [2.75, 3.05) is 13.2 Å². The molecule has 15 heavy (non-hydrogen) atoms. The summed E-state index contributed by atoms with van der Waals surface area (Å²) in [7, 11) is -0.889. The van der Waals surface area contributed by atoms with Crippen molar-refractivity contribution in [1.82, 2.24) is 0 Å². The summed E-state index contributed by atoms with van der Waals surface area (Å²) in [5, 5.41) is 0. The van der Waals surface area contributed by atoms with Crippen LogP contribution in [0.15, 0.2) is 12.1 Å². The van der Waals surface area contributed by atoms with Crippen molar-refractivity contribution >= 4 is 31.6 Å². The molecule has 0 bridgehead atoms. The lowest BCUT2D eigenvalue weighted by Gasteiger charge is -2.15. The topological polar surface area (TPSA) is 35.5 Å². The third kappa shape index (κ3) is 4.11. The second kappa shape index (κ2) is 5.85. The summed E-state index contributed by atoms with van der Waals surface area (Å²) in [6.07, 6.45) is 0.382. The van der Waals surface area contributed by atoms with Gasteiger partial charge in [0.15, 0.2) is 7.85 Å². The van der Waals surface area contributed by atoms with E-state index in [9.17, 15) is 4.57 Å². The molecule has 0 saturated carbocycles. The van der Waals surface area contributed by atoms with E-state index in [-0.39, 0.29) is 0 Å². The zero-order chi connectivity index (χ0) is 11.3. The molecule has 0 fully saturated rings. The molecule has 1 aromatic rings. The van der Waals surface area contributed by atoms with Gasteiger partial charge < -0.3 is 9.05 Å². The molecule has 0 aliphatic heterocycles. The van der Waals surface area contributed by atoms with E-state index in [2.05, 4.69) is 0 Å². The average Bonchev–Trinajstić information content (AvgIpc) is 2.51. The first kappa shape index (κ1) is 13.0. The van der Waals surface area contributed by atoms with Gasteiger partial charge in [0.25, 0.3) is 0 Å². The molecule has 0 aliphatic rings. The predicted molar refractivity (Wildman–Crippen MR) is 67.1 cm³/mol. The molecule has 84 valence electrons. The van der Waals surface area contributed by atoms with Gasteiger partial charge in [-0.15, -0.1) is 0 Å². The van der Waals surface area contributed by atoms with Gasteiger partial charge in [-0.2, -0.15) is 11.3 Å². The Morgan fingerprint density at radius 1 is 1.33 bits per heavy atom. The lowest BCUT2D eigenvalue weighted by Crippen LogP contribution is -1.98. The Kier molecular flexibility index (Phi) is 5.06. The minimum atomic E-state index is -2.92. The van der Waals surface area contributed by atoms with Crippen molar-refractivity contribution in [3.63, 3.8) is 0 Å². The van der Waals surface area contributed by atoms with Gasteiger partial charge in [0.05, 0.1) is 19.4 Å². The van der Waals surface area contributed by atoms with Crippen LogP contribution in [0, 0.1) is 0 Å². The van der Waals surface area contributed by atoms with Gasteiger partial charge in [-0.3, -0.25) is 4.57 Å². The predicted octanol–water partition coefficient (Wildman–Crippen LogP) is 1.77. The first-order valence-electron chi connectivity index (χ1n) is 5.03. The molecule has 0 amide bonds. The average molecular weight is 246 g/mol. The van der Waals surface area contributed by atoms with Crippen LogP contribution in [0.3, 0.4) is 0 Å². The molecule has 0 radical (unpaired) electrons. The first-order valence-corrected chi connectivity index (χ1v) is 7.57. The molecule has 0 aromatic carbocycles. The van der Waals surface area contributed by atoms with E-state index in [4.69, 9.17) is 9.05 Å². The van der Waals surface area contributed by atoms with Crippen molar-refractivity contribution in [2.24, 2.45) is 0 Å². The van der Waals surface area contributed by atoms with Gasteiger partial charge in [0, 0.05) is 4.88 Å². The zero-order valence-corrected chi connectivity index (χ0v) is 11.1. The lowest BCUT2D eigenvalue weighted by molar-refractivity contribution is 0.219. The minimum absolute atomic E-state index is 0.382. The summed E-state index contributed by atoms with van der Waals surface area (Å²) in [6, 6.07) is 3.99. The SMILES string of the molecule is Bc1ccc(CP(=O)(OCC)OCC)s1. The van der Waals surface area contributed by atoms with Crippen LogP contribution in [0.5, 0.6) is 0 Å².